The summed E-state index contributed by atoms with van der Waals surface area (Å²) in [5.41, 5.74) is 6.78. The third-order valence-electron chi connectivity index (χ3n) is 3.25. The van der Waals surface area contributed by atoms with Crippen molar-refractivity contribution >= 4 is 24.0 Å². The summed E-state index contributed by atoms with van der Waals surface area (Å²) in [5.74, 6) is 0.495. The molecule has 1 aromatic heterocycles. The number of halogens is 1. The molecule has 2 aromatic rings. The maximum Gasteiger partial charge on any atom is 0.255 e. The van der Waals surface area contributed by atoms with Crippen molar-refractivity contribution in [2.45, 2.75) is 19.8 Å². The van der Waals surface area contributed by atoms with E-state index in [-0.39, 0.29) is 29.8 Å². The Morgan fingerprint density at radius 1 is 1.25 bits per heavy atom. The van der Waals surface area contributed by atoms with Gasteiger partial charge >= 0.3 is 0 Å². The van der Waals surface area contributed by atoms with Gasteiger partial charge in [-0.1, -0.05) is 13.8 Å². The van der Waals surface area contributed by atoms with Gasteiger partial charge in [0.2, 0.25) is 5.56 Å². The van der Waals surface area contributed by atoms with Crippen molar-refractivity contribution in [1.29, 1.82) is 0 Å². The zero-order valence-electron chi connectivity index (χ0n) is 13.7. The normalized spacial score (nSPS) is 10.2. The van der Waals surface area contributed by atoms with E-state index in [1.165, 1.54) is 6.07 Å². The fraction of sp³-hybridized carbons (Fsp3) is 0.294. The summed E-state index contributed by atoms with van der Waals surface area (Å²) in [5, 5.41) is 2.76. The topological polar surface area (TPSA) is 97.2 Å². The van der Waals surface area contributed by atoms with Crippen molar-refractivity contribution < 1.29 is 9.53 Å². The van der Waals surface area contributed by atoms with Crippen molar-refractivity contribution in [1.82, 2.24) is 4.98 Å². The molecule has 0 saturated carbocycles. The van der Waals surface area contributed by atoms with Crippen LogP contribution < -0.4 is 21.3 Å². The lowest BCUT2D eigenvalue weighted by atomic mass is 10.1. The number of nitrogens with one attached hydrogen (secondary N) is 2. The minimum Gasteiger partial charge on any atom is -0.492 e. The van der Waals surface area contributed by atoms with E-state index in [0.29, 0.717) is 30.2 Å². The third-order valence-corrected chi connectivity index (χ3v) is 3.25. The molecule has 0 atom stereocenters. The molecule has 130 valence electrons. The predicted octanol–water partition coefficient (Wildman–Crippen LogP) is 2.51. The van der Waals surface area contributed by atoms with Gasteiger partial charge in [0.15, 0.2) is 0 Å². The van der Waals surface area contributed by atoms with Crippen LogP contribution in [0.5, 0.6) is 5.75 Å². The molecule has 1 amide bonds. The molecule has 0 unspecified atom stereocenters. The monoisotopic (exact) mass is 351 g/mol. The van der Waals surface area contributed by atoms with Crippen LogP contribution in [-0.2, 0) is 0 Å². The molecule has 0 aliphatic rings. The first-order chi connectivity index (χ1) is 11.0. The van der Waals surface area contributed by atoms with E-state index >= 15 is 0 Å². The Labute approximate surface area is 146 Å². The second-order valence-electron chi connectivity index (χ2n) is 5.46. The number of anilines is 1. The second-order valence-corrected chi connectivity index (χ2v) is 5.46. The molecule has 0 spiro atoms. The third kappa shape index (κ3) is 5.40. The van der Waals surface area contributed by atoms with Gasteiger partial charge in [0.05, 0.1) is 0 Å². The molecule has 0 aliphatic carbocycles. The van der Waals surface area contributed by atoms with Crippen LogP contribution in [0, 0.1) is 0 Å². The number of amides is 1. The molecule has 6 nitrogen and oxygen atoms in total. The van der Waals surface area contributed by atoms with Gasteiger partial charge in [0.1, 0.15) is 12.4 Å². The number of ether oxygens (including phenoxy) is 1. The summed E-state index contributed by atoms with van der Waals surface area (Å²) in [4.78, 5) is 26.7. The molecule has 4 N–H and O–H groups in total. The highest BCUT2D eigenvalue weighted by Gasteiger charge is 2.10. The Morgan fingerprint density at radius 3 is 2.50 bits per heavy atom. The highest BCUT2D eigenvalue weighted by atomic mass is 35.5. The molecule has 0 radical (unpaired) electrons. The van der Waals surface area contributed by atoms with E-state index < -0.39 is 0 Å². The SMILES string of the molecule is CC(C)c1cc(C(=O)Nc2ccc(OCCN)cc2)cc(=O)[nH]1.Cl. The van der Waals surface area contributed by atoms with Gasteiger partial charge in [-0.2, -0.15) is 0 Å². The standard InChI is InChI=1S/C17H21N3O3.ClH/c1-11(2)15-9-12(10-16(21)20-15)17(22)19-13-3-5-14(6-4-13)23-8-7-18;/h3-6,9-11H,7-8,18H2,1-2H3,(H,19,22)(H,20,21);1H. The Bertz CT molecular complexity index is 727. The molecule has 0 saturated heterocycles. The van der Waals surface area contributed by atoms with Crippen molar-refractivity contribution in [2.75, 3.05) is 18.5 Å². The summed E-state index contributed by atoms with van der Waals surface area (Å²) in [6.07, 6.45) is 0. The first-order valence-electron chi connectivity index (χ1n) is 7.48. The van der Waals surface area contributed by atoms with Gasteiger partial charge in [-0.05, 0) is 36.2 Å². The van der Waals surface area contributed by atoms with Gasteiger partial charge in [-0.3, -0.25) is 9.59 Å². The van der Waals surface area contributed by atoms with Gasteiger partial charge in [0.25, 0.3) is 5.91 Å². The summed E-state index contributed by atoms with van der Waals surface area (Å²) in [6, 6.07) is 9.96. The lowest BCUT2D eigenvalue weighted by Gasteiger charge is -2.09. The fourth-order valence-electron chi connectivity index (χ4n) is 2.02. The predicted molar refractivity (Wildman–Crippen MR) is 97.3 cm³/mol. The molecule has 0 aliphatic heterocycles. The summed E-state index contributed by atoms with van der Waals surface area (Å²) in [6.45, 7) is 4.79. The van der Waals surface area contributed by atoms with Crippen LogP contribution in [0.4, 0.5) is 5.69 Å². The van der Waals surface area contributed by atoms with E-state index in [2.05, 4.69) is 10.3 Å². The number of hydrogen-bond donors (Lipinski definition) is 3. The Balaban J connectivity index is 0.00000288. The van der Waals surface area contributed by atoms with E-state index in [4.69, 9.17) is 10.5 Å². The molecule has 1 aromatic carbocycles. The van der Waals surface area contributed by atoms with Crippen molar-refractivity contribution in [2.24, 2.45) is 5.73 Å². The molecule has 0 fully saturated rings. The molecule has 7 heteroatoms. The Hall–Kier alpha value is -2.31. The fourth-order valence-corrected chi connectivity index (χ4v) is 2.02. The Kier molecular flexibility index (Phi) is 7.48. The number of aromatic nitrogens is 1. The van der Waals surface area contributed by atoms with Crippen molar-refractivity contribution in [3.63, 3.8) is 0 Å². The molecule has 0 bridgehead atoms. The minimum absolute atomic E-state index is 0. The number of benzene rings is 1. The Morgan fingerprint density at radius 2 is 1.92 bits per heavy atom. The maximum absolute atomic E-state index is 12.3. The minimum atomic E-state index is -0.325. The lowest BCUT2D eigenvalue weighted by Crippen LogP contribution is -2.18. The number of pyridine rings is 1. The summed E-state index contributed by atoms with van der Waals surface area (Å²) < 4.78 is 5.37. The van der Waals surface area contributed by atoms with E-state index in [9.17, 15) is 9.59 Å². The van der Waals surface area contributed by atoms with Gasteiger partial charge in [0, 0.05) is 29.6 Å². The van der Waals surface area contributed by atoms with Gasteiger partial charge in [-0.25, -0.2) is 0 Å². The van der Waals surface area contributed by atoms with E-state index in [1.54, 1.807) is 30.3 Å². The number of aromatic amines is 1. The lowest BCUT2D eigenvalue weighted by molar-refractivity contribution is 0.102. The highest BCUT2D eigenvalue weighted by Crippen LogP contribution is 2.17. The molecular formula is C17H22ClN3O3. The first-order valence-corrected chi connectivity index (χ1v) is 7.48. The van der Waals surface area contributed by atoms with Crippen LogP contribution in [0.25, 0.3) is 0 Å². The van der Waals surface area contributed by atoms with Crippen LogP contribution in [0.3, 0.4) is 0 Å². The quantitative estimate of drug-likeness (QED) is 0.744. The number of hydrogen-bond acceptors (Lipinski definition) is 4. The van der Waals surface area contributed by atoms with Crippen LogP contribution in [0.15, 0.2) is 41.2 Å². The number of H-pyrrole nitrogens is 1. The van der Waals surface area contributed by atoms with Crippen LogP contribution in [0.1, 0.15) is 35.8 Å². The zero-order chi connectivity index (χ0) is 16.8. The van der Waals surface area contributed by atoms with Crippen LogP contribution >= 0.6 is 12.4 Å². The number of carbonyl (C=O) groups is 1. The first kappa shape index (κ1) is 19.7. The largest absolute Gasteiger partial charge is 0.492 e. The second kappa shape index (κ2) is 9.10. The van der Waals surface area contributed by atoms with Gasteiger partial charge < -0.3 is 20.8 Å². The van der Waals surface area contributed by atoms with Gasteiger partial charge in [-0.15, -0.1) is 12.4 Å². The van der Waals surface area contributed by atoms with Crippen molar-refractivity contribution in [3.8, 4) is 5.75 Å². The average molecular weight is 352 g/mol. The van der Waals surface area contributed by atoms with E-state index in [0.717, 1.165) is 5.69 Å². The molecule has 24 heavy (non-hydrogen) atoms. The van der Waals surface area contributed by atoms with Crippen molar-refractivity contribution in [3.05, 3.63) is 58.0 Å². The number of nitrogens with two attached hydrogens (primary N) is 1. The summed E-state index contributed by atoms with van der Waals surface area (Å²) in [7, 11) is 0. The molecule has 2 rings (SSSR count). The maximum atomic E-state index is 12.3. The average Bonchev–Trinajstić information content (AvgIpc) is 2.53. The van der Waals surface area contributed by atoms with Crippen LogP contribution in [0.2, 0.25) is 0 Å². The highest BCUT2D eigenvalue weighted by molar-refractivity contribution is 6.04. The number of carbonyl (C=O) groups excluding carboxylic acids is 1. The summed E-state index contributed by atoms with van der Waals surface area (Å²) >= 11 is 0. The van der Waals surface area contributed by atoms with E-state index in [1.807, 2.05) is 13.8 Å². The molecular weight excluding hydrogens is 330 g/mol. The number of rotatable bonds is 6. The van der Waals surface area contributed by atoms with Crippen LogP contribution in [-0.4, -0.2) is 24.0 Å². The molecule has 1 heterocycles. The smallest absolute Gasteiger partial charge is 0.255 e. The zero-order valence-corrected chi connectivity index (χ0v) is 14.5.